The predicted octanol–water partition coefficient (Wildman–Crippen LogP) is 1.17. The van der Waals surface area contributed by atoms with E-state index < -0.39 is 16.0 Å². The number of carbonyl (C=O) groups is 1. The Hall–Kier alpha value is -2.55. The summed E-state index contributed by atoms with van der Waals surface area (Å²) in [6.45, 7) is 1.79. The molecule has 0 spiro atoms. The SMILES string of the molecule is COc1ccc(CC(=O)O)cc1S(=O)(=O)Nc1cc(C)n(C)n1. The van der Waals surface area contributed by atoms with Gasteiger partial charge in [0.2, 0.25) is 0 Å². The second kappa shape index (κ2) is 6.29. The molecule has 1 aromatic carbocycles. The van der Waals surface area contributed by atoms with E-state index in [2.05, 4.69) is 9.82 Å². The fourth-order valence-corrected chi connectivity index (χ4v) is 3.23. The highest BCUT2D eigenvalue weighted by atomic mass is 32.2. The minimum atomic E-state index is -3.96. The first-order chi connectivity index (χ1) is 10.7. The minimum Gasteiger partial charge on any atom is -0.495 e. The normalized spacial score (nSPS) is 11.3. The molecule has 23 heavy (non-hydrogen) atoms. The van der Waals surface area contributed by atoms with Crippen molar-refractivity contribution in [3.63, 3.8) is 0 Å². The van der Waals surface area contributed by atoms with Crippen LogP contribution >= 0.6 is 0 Å². The third kappa shape index (κ3) is 3.81. The van der Waals surface area contributed by atoms with Gasteiger partial charge in [-0.2, -0.15) is 5.10 Å². The van der Waals surface area contributed by atoms with Gasteiger partial charge in [0, 0.05) is 18.8 Å². The predicted molar refractivity (Wildman–Crippen MR) is 83.1 cm³/mol. The minimum absolute atomic E-state index is 0.124. The average molecular weight is 339 g/mol. The first-order valence-corrected chi connectivity index (χ1v) is 8.13. The number of aryl methyl sites for hydroxylation is 2. The zero-order valence-corrected chi connectivity index (χ0v) is 13.7. The van der Waals surface area contributed by atoms with E-state index in [4.69, 9.17) is 9.84 Å². The van der Waals surface area contributed by atoms with Crippen molar-refractivity contribution in [2.75, 3.05) is 11.8 Å². The number of hydrogen-bond donors (Lipinski definition) is 2. The number of nitrogens with one attached hydrogen (secondary N) is 1. The highest BCUT2D eigenvalue weighted by molar-refractivity contribution is 7.92. The Morgan fingerprint density at radius 1 is 1.39 bits per heavy atom. The molecule has 2 N–H and O–H groups in total. The van der Waals surface area contributed by atoms with E-state index in [9.17, 15) is 13.2 Å². The van der Waals surface area contributed by atoms with Gasteiger partial charge in [-0.15, -0.1) is 0 Å². The van der Waals surface area contributed by atoms with Gasteiger partial charge in [-0.05, 0) is 24.6 Å². The lowest BCUT2D eigenvalue weighted by Crippen LogP contribution is -2.15. The van der Waals surface area contributed by atoms with Gasteiger partial charge in [0.25, 0.3) is 10.0 Å². The molecule has 0 aliphatic rings. The van der Waals surface area contributed by atoms with Crippen molar-refractivity contribution in [2.24, 2.45) is 7.05 Å². The van der Waals surface area contributed by atoms with Gasteiger partial charge in [0.1, 0.15) is 10.6 Å². The Bertz CT molecular complexity index is 823. The Labute approximate surface area is 133 Å². The smallest absolute Gasteiger partial charge is 0.307 e. The maximum Gasteiger partial charge on any atom is 0.307 e. The fraction of sp³-hybridized carbons (Fsp3) is 0.286. The number of carboxylic acids is 1. The van der Waals surface area contributed by atoms with Crippen LogP contribution in [0.3, 0.4) is 0 Å². The van der Waals surface area contributed by atoms with E-state index in [1.807, 2.05) is 0 Å². The van der Waals surface area contributed by atoms with Crippen molar-refractivity contribution in [3.8, 4) is 5.75 Å². The number of rotatable bonds is 6. The van der Waals surface area contributed by atoms with Crippen molar-refractivity contribution in [1.29, 1.82) is 0 Å². The van der Waals surface area contributed by atoms with Gasteiger partial charge in [-0.1, -0.05) is 6.07 Å². The van der Waals surface area contributed by atoms with Crippen LogP contribution in [-0.2, 0) is 28.3 Å². The first-order valence-electron chi connectivity index (χ1n) is 6.65. The second-order valence-electron chi connectivity index (χ2n) is 4.96. The molecule has 0 unspecified atom stereocenters. The summed E-state index contributed by atoms with van der Waals surface area (Å²) in [6, 6.07) is 5.81. The summed E-state index contributed by atoms with van der Waals surface area (Å²) in [5, 5.41) is 12.9. The summed E-state index contributed by atoms with van der Waals surface area (Å²) < 4.78 is 34.1. The second-order valence-corrected chi connectivity index (χ2v) is 6.61. The van der Waals surface area contributed by atoms with Crippen LogP contribution in [-0.4, -0.2) is 36.4 Å². The van der Waals surface area contributed by atoms with Gasteiger partial charge in [0.15, 0.2) is 5.82 Å². The number of anilines is 1. The van der Waals surface area contributed by atoms with E-state index in [1.54, 1.807) is 20.0 Å². The number of nitrogens with zero attached hydrogens (tertiary/aromatic N) is 2. The van der Waals surface area contributed by atoms with Crippen molar-refractivity contribution in [2.45, 2.75) is 18.2 Å². The molecule has 8 nitrogen and oxygen atoms in total. The lowest BCUT2D eigenvalue weighted by Gasteiger charge is -2.11. The lowest BCUT2D eigenvalue weighted by atomic mass is 10.1. The molecule has 0 saturated heterocycles. The highest BCUT2D eigenvalue weighted by Gasteiger charge is 2.22. The molecule has 1 aromatic heterocycles. The molecule has 2 aromatic rings. The van der Waals surface area contributed by atoms with Crippen molar-refractivity contribution in [3.05, 3.63) is 35.5 Å². The Balaban J connectivity index is 2.42. The fourth-order valence-electron chi connectivity index (χ4n) is 2.02. The molecule has 0 aliphatic heterocycles. The average Bonchev–Trinajstić information content (AvgIpc) is 2.75. The van der Waals surface area contributed by atoms with Crippen LogP contribution < -0.4 is 9.46 Å². The van der Waals surface area contributed by atoms with Crippen LogP contribution in [0.25, 0.3) is 0 Å². The number of aromatic nitrogens is 2. The van der Waals surface area contributed by atoms with E-state index in [0.717, 1.165) is 5.69 Å². The van der Waals surface area contributed by atoms with E-state index in [-0.39, 0.29) is 22.9 Å². The zero-order valence-electron chi connectivity index (χ0n) is 12.9. The Kier molecular flexibility index (Phi) is 4.60. The van der Waals surface area contributed by atoms with Crippen LogP contribution in [0.1, 0.15) is 11.3 Å². The molecule has 1 heterocycles. The molecular formula is C14H17N3O5S. The van der Waals surface area contributed by atoms with Crippen molar-refractivity contribution < 1.29 is 23.1 Å². The number of benzene rings is 1. The standard InChI is InChI=1S/C14H17N3O5S/c1-9-6-13(15-17(9)2)16-23(20,21)12-7-10(8-14(18)19)4-5-11(12)22-3/h4-7H,8H2,1-3H3,(H,15,16)(H,18,19). The number of aliphatic carboxylic acids is 1. The molecule has 0 aliphatic carbocycles. The van der Waals surface area contributed by atoms with Crippen LogP contribution in [0.4, 0.5) is 5.82 Å². The molecule has 0 bridgehead atoms. The zero-order chi connectivity index (χ0) is 17.2. The number of hydrogen-bond acceptors (Lipinski definition) is 5. The maximum atomic E-state index is 12.6. The van der Waals surface area contributed by atoms with Gasteiger partial charge in [0.05, 0.1) is 13.5 Å². The summed E-state index contributed by atoms with van der Waals surface area (Å²) in [7, 11) is -0.923. The molecule has 0 radical (unpaired) electrons. The Morgan fingerprint density at radius 2 is 2.09 bits per heavy atom. The van der Waals surface area contributed by atoms with Crippen molar-refractivity contribution >= 4 is 21.8 Å². The van der Waals surface area contributed by atoms with Gasteiger partial charge in [-0.3, -0.25) is 14.2 Å². The summed E-state index contributed by atoms with van der Waals surface area (Å²) in [4.78, 5) is 10.7. The molecule has 2 rings (SSSR count). The van der Waals surface area contributed by atoms with Gasteiger partial charge < -0.3 is 9.84 Å². The quantitative estimate of drug-likeness (QED) is 0.817. The molecule has 124 valence electrons. The van der Waals surface area contributed by atoms with Crippen molar-refractivity contribution in [1.82, 2.24) is 9.78 Å². The van der Waals surface area contributed by atoms with Crippen LogP contribution in [0, 0.1) is 6.92 Å². The summed E-state index contributed by atoms with van der Waals surface area (Å²) in [6.07, 6.45) is -0.283. The largest absolute Gasteiger partial charge is 0.495 e. The molecule has 0 atom stereocenters. The lowest BCUT2D eigenvalue weighted by molar-refractivity contribution is -0.136. The summed E-state index contributed by atoms with van der Waals surface area (Å²) in [5.74, 6) is -0.748. The number of ether oxygens (including phenoxy) is 1. The summed E-state index contributed by atoms with van der Waals surface area (Å²) >= 11 is 0. The van der Waals surface area contributed by atoms with Crippen LogP contribution in [0.5, 0.6) is 5.75 Å². The molecular weight excluding hydrogens is 322 g/mol. The van der Waals surface area contributed by atoms with Crippen LogP contribution in [0.15, 0.2) is 29.2 Å². The Morgan fingerprint density at radius 3 is 2.61 bits per heavy atom. The third-order valence-electron chi connectivity index (χ3n) is 3.23. The van der Waals surface area contributed by atoms with E-state index in [0.29, 0.717) is 5.56 Å². The summed E-state index contributed by atoms with van der Waals surface area (Å²) in [5.41, 5.74) is 1.14. The maximum absolute atomic E-state index is 12.6. The third-order valence-corrected chi connectivity index (χ3v) is 4.60. The number of sulfonamides is 1. The molecule has 0 amide bonds. The monoisotopic (exact) mass is 339 g/mol. The number of methoxy groups -OCH3 is 1. The molecule has 0 saturated carbocycles. The van der Waals surface area contributed by atoms with E-state index in [1.165, 1.54) is 30.0 Å². The topological polar surface area (TPSA) is 111 Å². The molecule has 0 fully saturated rings. The highest BCUT2D eigenvalue weighted by Crippen LogP contribution is 2.27. The molecule has 9 heteroatoms. The van der Waals surface area contributed by atoms with E-state index >= 15 is 0 Å². The van der Waals surface area contributed by atoms with Crippen LogP contribution in [0.2, 0.25) is 0 Å². The van der Waals surface area contributed by atoms with Gasteiger partial charge in [-0.25, -0.2) is 8.42 Å². The first kappa shape index (κ1) is 16.8. The van der Waals surface area contributed by atoms with Gasteiger partial charge >= 0.3 is 5.97 Å². The number of carboxylic acid groups (broad SMARTS) is 1.